The number of thiazole rings is 1. The second-order valence-electron chi connectivity index (χ2n) is 3.39. The molecule has 0 bridgehead atoms. The lowest BCUT2D eigenvalue weighted by molar-refractivity contribution is 1.07. The van der Waals surface area contributed by atoms with Crippen LogP contribution in [-0.4, -0.2) is 14.4 Å². The van der Waals surface area contributed by atoms with Gasteiger partial charge >= 0.3 is 0 Å². The molecule has 0 saturated carbocycles. The van der Waals surface area contributed by atoms with E-state index in [9.17, 15) is 0 Å². The number of nitrogens with one attached hydrogen (secondary N) is 1. The number of pyridine rings is 1. The largest absolute Gasteiger partial charge is 0.356 e. The highest BCUT2D eigenvalue weighted by Gasteiger charge is 2.01. The van der Waals surface area contributed by atoms with Crippen molar-refractivity contribution in [3.05, 3.63) is 47.9 Å². The third kappa shape index (κ3) is 1.77. The molecule has 3 heterocycles. The summed E-state index contributed by atoms with van der Waals surface area (Å²) in [6, 6.07) is 5.97. The molecule has 0 spiro atoms. The van der Waals surface area contributed by atoms with Crippen LogP contribution in [0.3, 0.4) is 0 Å². The zero-order chi connectivity index (χ0) is 10.8. The van der Waals surface area contributed by atoms with Gasteiger partial charge < -0.3 is 9.72 Å². The predicted octanol–water partition coefficient (Wildman–Crippen LogP) is 2.40. The first kappa shape index (κ1) is 9.35. The van der Waals surface area contributed by atoms with Gasteiger partial charge in [-0.25, -0.2) is 9.97 Å². The van der Waals surface area contributed by atoms with Crippen molar-refractivity contribution < 1.29 is 0 Å². The van der Waals surface area contributed by atoms with Gasteiger partial charge in [-0.1, -0.05) is 6.07 Å². The molecule has 3 aromatic heterocycles. The van der Waals surface area contributed by atoms with Crippen molar-refractivity contribution in [2.75, 3.05) is 5.32 Å². The molecule has 1 N–H and O–H groups in total. The first-order valence-electron chi connectivity index (χ1n) is 4.98. The topological polar surface area (TPSA) is 42.2 Å². The van der Waals surface area contributed by atoms with E-state index in [2.05, 4.69) is 15.3 Å². The number of fused-ring (bicyclic) bond motifs is 1. The fraction of sp³-hybridized carbons (Fsp3) is 0.0909. The molecule has 0 unspecified atom stereocenters. The lowest BCUT2D eigenvalue weighted by atomic mass is 10.5. The van der Waals surface area contributed by atoms with Gasteiger partial charge in [-0.2, -0.15) is 0 Å². The van der Waals surface area contributed by atoms with Crippen LogP contribution in [0.2, 0.25) is 0 Å². The highest BCUT2D eigenvalue weighted by molar-refractivity contribution is 7.13. The van der Waals surface area contributed by atoms with E-state index in [1.165, 1.54) is 0 Å². The highest BCUT2D eigenvalue weighted by atomic mass is 32.1. The number of hydrogen-bond acceptors (Lipinski definition) is 4. The molecule has 0 atom stereocenters. The average molecular weight is 230 g/mol. The SMILES string of the molecule is c1ccn2cc(CNc3nccs3)nc2c1. The highest BCUT2D eigenvalue weighted by Crippen LogP contribution is 2.12. The first-order chi connectivity index (χ1) is 7.92. The van der Waals surface area contributed by atoms with Crippen LogP contribution in [-0.2, 0) is 6.54 Å². The van der Waals surface area contributed by atoms with Crippen molar-refractivity contribution in [1.82, 2.24) is 14.4 Å². The van der Waals surface area contributed by atoms with Crippen LogP contribution in [0.5, 0.6) is 0 Å². The van der Waals surface area contributed by atoms with Crippen molar-refractivity contribution in [1.29, 1.82) is 0 Å². The predicted molar refractivity (Wildman–Crippen MR) is 64.6 cm³/mol. The standard InChI is InChI=1S/C11H10N4S/c1-2-5-15-8-9(14-10(15)3-1)7-13-11-12-4-6-16-11/h1-6,8H,7H2,(H,12,13). The lowest BCUT2D eigenvalue weighted by Gasteiger charge is -1.97. The van der Waals surface area contributed by atoms with Gasteiger partial charge in [0.2, 0.25) is 0 Å². The number of anilines is 1. The van der Waals surface area contributed by atoms with E-state index in [0.29, 0.717) is 6.54 Å². The van der Waals surface area contributed by atoms with E-state index in [-0.39, 0.29) is 0 Å². The fourth-order valence-electron chi connectivity index (χ4n) is 1.55. The minimum Gasteiger partial charge on any atom is -0.356 e. The Bertz CT molecular complexity index is 552. The summed E-state index contributed by atoms with van der Waals surface area (Å²) in [5.41, 5.74) is 1.99. The second kappa shape index (κ2) is 3.94. The second-order valence-corrected chi connectivity index (χ2v) is 4.28. The molecule has 0 aliphatic heterocycles. The molecule has 0 amide bonds. The van der Waals surface area contributed by atoms with Gasteiger partial charge in [-0.15, -0.1) is 11.3 Å². The number of nitrogens with zero attached hydrogens (tertiary/aromatic N) is 3. The van der Waals surface area contributed by atoms with Gasteiger partial charge in [-0.3, -0.25) is 0 Å². The third-order valence-electron chi connectivity index (χ3n) is 2.27. The van der Waals surface area contributed by atoms with Crippen LogP contribution in [0.25, 0.3) is 5.65 Å². The summed E-state index contributed by atoms with van der Waals surface area (Å²) in [4.78, 5) is 8.65. The van der Waals surface area contributed by atoms with Gasteiger partial charge in [0.05, 0.1) is 12.2 Å². The van der Waals surface area contributed by atoms with E-state index >= 15 is 0 Å². The lowest BCUT2D eigenvalue weighted by Crippen LogP contribution is -1.98. The molecule has 0 aromatic carbocycles. The number of rotatable bonds is 3. The number of imidazole rings is 1. The van der Waals surface area contributed by atoms with Gasteiger partial charge in [-0.05, 0) is 12.1 Å². The maximum Gasteiger partial charge on any atom is 0.182 e. The summed E-state index contributed by atoms with van der Waals surface area (Å²) < 4.78 is 2.01. The summed E-state index contributed by atoms with van der Waals surface area (Å²) in [5.74, 6) is 0. The molecule has 4 nitrogen and oxygen atoms in total. The van der Waals surface area contributed by atoms with E-state index < -0.39 is 0 Å². The smallest absolute Gasteiger partial charge is 0.182 e. The molecule has 0 saturated heterocycles. The van der Waals surface area contributed by atoms with Gasteiger partial charge in [0, 0.05) is 24.0 Å². The van der Waals surface area contributed by atoms with E-state index in [1.54, 1.807) is 17.5 Å². The minimum absolute atomic E-state index is 0.704. The molecule has 0 aliphatic rings. The van der Waals surface area contributed by atoms with Gasteiger partial charge in [0.1, 0.15) is 5.65 Å². The summed E-state index contributed by atoms with van der Waals surface area (Å²) in [6.07, 6.45) is 5.81. The minimum atomic E-state index is 0.704. The Hall–Kier alpha value is -1.88. The van der Waals surface area contributed by atoms with Crippen LogP contribution < -0.4 is 5.32 Å². The Morgan fingerprint density at radius 1 is 1.38 bits per heavy atom. The Morgan fingerprint density at radius 2 is 2.38 bits per heavy atom. The van der Waals surface area contributed by atoms with Crippen molar-refractivity contribution in [2.45, 2.75) is 6.54 Å². The molecule has 0 aliphatic carbocycles. The van der Waals surface area contributed by atoms with Crippen LogP contribution in [0.1, 0.15) is 5.69 Å². The molecule has 3 rings (SSSR count). The van der Waals surface area contributed by atoms with Crippen molar-refractivity contribution in [3.8, 4) is 0 Å². The van der Waals surface area contributed by atoms with Crippen LogP contribution in [0.4, 0.5) is 5.13 Å². The zero-order valence-corrected chi connectivity index (χ0v) is 9.31. The monoisotopic (exact) mass is 230 g/mol. The summed E-state index contributed by atoms with van der Waals surface area (Å²) >= 11 is 1.59. The molecule has 80 valence electrons. The van der Waals surface area contributed by atoms with E-state index in [1.807, 2.05) is 40.4 Å². The normalized spacial score (nSPS) is 10.8. The Morgan fingerprint density at radius 3 is 3.19 bits per heavy atom. The molecule has 3 aromatic rings. The molecule has 0 radical (unpaired) electrons. The van der Waals surface area contributed by atoms with E-state index in [4.69, 9.17) is 0 Å². The molecular formula is C11H10N4S. The van der Waals surface area contributed by atoms with Gasteiger partial charge in [0.25, 0.3) is 0 Å². The Labute approximate surface area is 96.6 Å². The maximum absolute atomic E-state index is 4.49. The zero-order valence-electron chi connectivity index (χ0n) is 8.50. The molecule has 16 heavy (non-hydrogen) atoms. The molecular weight excluding hydrogens is 220 g/mol. The van der Waals surface area contributed by atoms with Crippen molar-refractivity contribution in [2.24, 2.45) is 0 Å². The van der Waals surface area contributed by atoms with E-state index in [0.717, 1.165) is 16.5 Å². The summed E-state index contributed by atoms with van der Waals surface area (Å²) in [6.45, 7) is 0.704. The Balaban J connectivity index is 1.79. The van der Waals surface area contributed by atoms with Crippen LogP contribution in [0, 0.1) is 0 Å². The molecule has 0 fully saturated rings. The van der Waals surface area contributed by atoms with Crippen LogP contribution in [0.15, 0.2) is 42.2 Å². The Kier molecular flexibility index (Phi) is 2.30. The van der Waals surface area contributed by atoms with Crippen molar-refractivity contribution in [3.63, 3.8) is 0 Å². The number of aromatic nitrogens is 3. The third-order valence-corrected chi connectivity index (χ3v) is 3.00. The van der Waals surface area contributed by atoms with Gasteiger partial charge in [0.15, 0.2) is 5.13 Å². The fourth-order valence-corrected chi connectivity index (χ4v) is 2.08. The average Bonchev–Trinajstić information content (AvgIpc) is 2.95. The van der Waals surface area contributed by atoms with Crippen molar-refractivity contribution >= 4 is 22.1 Å². The summed E-state index contributed by atoms with van der Waals surface area (Å²) in [5, 5.41) is 6.11. The van der Waals surface area contributed by atoms with Crippen LogP contribution >= 0.6 is 11.3 Å². The first-order valence-corrected chi connectivity index (χ1v) is 5.86. The molecule has 5 heteroatoms. The summed E-state index contributed by atoms with van der Waals surface area (Å²) in [7, 11) is 0. The quantitative estimate of drug-likeness (QED) is 0.751. The maximum atomic E-state index is 4.49. The number of hydrogen-bond donors (Lipinski definition) is 1.